The van der Waals surface area contributed by atoms with Gasteiger partial charge in [-0.1, -0.05) is 0 Å². The molecule has 0 atom stereocenters. The second-order valence-corrected chi connectivity index (χ2v) is 2.93. The number of aliphatic imine (C=N–C) groups is 1. The van der Waals surface area contributed by atoms with Crippen LogP contribution < -0.4 is 5.73 Å². The molecule has 64 valence electrons. The lowest BCUT2D eigenvalue weighted by Crippen LogP contribution is -2.14. The van der Waals surface area contributed by atoms with Crippen molar-refractivity contribution in [3.63, 3.8) is 0 Å². The van der Waals surface area contributed by atoms with Crippen molar-refractivity contribution in [2.75, 3.05) is 20.3 Å². The van der Waals surface area contributed by atoms with Crippen LogP contribution in [0.25, 0.3) is 0 Å². The van der Waals surface area contributed by atoms with Crippen LogP contribution in [0.4, 0.5) is 0 Å². The zero-order valence-electron chi connectivity index (χ0n) is 7.05. The predicted molar refractivity (Wildman–Crippen MR) is 45.7 cm³/mol. The van der Waals surface area contributed by atoms with Gasteiger partial charge in [0.05, 0.1) is 5.84 Å². The zero-order chi connectivity index (χ0) is 8.10. The molecule has 11 heavy (non-hydrogen) atoms. The summed E-state index contributed by atoms with van der Waals surface area (Å²) in [6, 6.07) is 0. The van der Waals surface area contributed by atoms with Crippen molar-refractivity contribution in [3.05, 3.63) is 0 Å². The van der Waals surface area contributed by atoms with Gasteiger partial charge in [-0.05, 0) is 19.3 Å². The number of hydrogen-bond donors (Lipinski definition) is 1. The van der Waals surface area contributed by atoms with E-state index < -0.39 is 0 Å². The van der Waals surface area contributed by atoms with Crippen molar-refractivity contribution in [1.82, 2.24) is 0 Å². The minimum Gasteiger partial charge on any atom is -0.387 e. The number of amidine groups is 1. The van der Waals surface area contributed by atoms with Crippen LogP contribution in [0.5, 0.6) is 0 Å². The first-order chi connectivity index (χ1) is 5.34. The molecular formula is C8H16N2O. The molecule has 0 aromatic carbocycles. The lowest BCUT2D eigenvalue weighted by molar-refractivity contribution is 0.197. The summed E-state index contributed by atoms with van der Waals surface area (Å²) in [5, 5.41) is 0. The van der Waals surface area contributed by atoms with Crippen LogP contribution in [-0.2, 0) is 4.74 Å². The van der Waals surface area contributed by atoms with Crippen LogP contribution in [0.2, 0.25) is 0 Å². The molecule has 0 aromatic heterocycles. The van der Waals surface area contributed by atoms with Gasteiger partial charge in [0.25, 0.3) is 0 Å². The third-order valence-electron chi connectivity index (χ3n) is 1.80. The summed E-state index contributed by atoms with van der Waals surface area (Å²) in [6.07, 6.45) is 3.45. The Hall–Kier alpha value is -0.570. The fraction of sp³-hybridized carbons (Fsp3) is 0.875. The number of nitrogens with zero attached hydrogens (tertiary/aromatic N) is 1. The molecule has 3 nitrogen and oxygen atoms in total. The van der Waals surface area contributed by atoms with Gasteiger partial charge in [-0.25, -0.2) is 0 Å². The van der Waals surface area contributed by atoms with E-state index in [1.165, 1.54) is 12.8 Å². The van der Waals surface area contributed by atoms with Crippen LogP contribution in [-0.4, -0.2) is 26.1 Å². The molecule has 0 radical (unpaired) electrons. The maximum absolute atomic E-state index is 5.67. The van der Waals surface area contributed by atoms with E-state index in [1.54, 1.807) is 7.11 Å². The second kappa shape index (κ2) is 4.34. The van der Waals surface area contributed by atoms with Crippen LogP contribution in [0.15, 0.2) is 4.99 Å². The van der Waals surface area contributed by atoms with E-state index in [2.05, 4.69) is 4.99 Å². The quantitative estimate of drug-likeness (QED) is 0.363. The fourth-order valence-electron chi connectivity index (χ4n) is 0.925. The minimum absolute atomic E-state index is 0.609. The molecule has 1 saturated carbocycles. The van der Waals surface area contributed by atoms with Gasteiger partial charge in [0.2, 0.25) is 0 Å². The van der Waals surface area contributed by atoms with Crippen LogP contribution >= 0.6 is 0 Å². The molecule has 0 saturated heterocycles. The van der Waals surface area contributed by atoms with Crippen LogP contribution in [0.1, 0.15) is 19.3 Å². The van der Waals surface area contributed by atoms with Crippen molar-refractivity contribution < 1.29 is 4.74 Å². The molecule has 1 rings (SSSR count). The average molecular weight is 156 g/mol. The minimum atomic E-state index is 0.609. The Morgan fingerprint density at radius 2 is 2.36 bits per heavy atom. The molecule has 1 aliphatic carbocycles. The van der Waals surface area contributed by atoms with Gasteiger partial charge in [0.15, 0.2) is 0 Å². The van der Waals surface area contributed by atoms with Gasteiger partial charge in [0.1, 0.15) is 0 Å². The summed E-state index contributed by atoms with van der Waals surface area (Å²) in [4.78, 5) is 4.24. The van der Waals surface area contributed by atoms with E-state index in [4.69, 9.17) is 10.5 Å². The van der Waals surface area contributed by atoms with Crippen molar-refractivity contribution in [3.8, 4) is 0 Å². The first-order valence-electron chi connectivity index (χ1n) is 4.13. The van der Waals surface area contributed by atoms with Crippen molar-refractivity contribution in [2.24, 2.45) is 16.6 Å². The Balaban J connectivity index is 2.02. The molecule has 3 heteroatoms. The highest BCUT2D eigenvalue weighted by molar-refractivity contribution is 5.84. The molecular weight excluding hydrogens is 140 g/mol. The average Bonchev–Trinajstić information content (AvgIpc) is 2.79. The Morgan fingerprint density at radius 1 is 1.64 bits per heavy atom. The molecule has 1 aliphatic rings. The summed E-state index contributed by atoms with van der Waals surface area (Å²) < 4.78 is 4.89. The highest BCUT2D eigenvalue weighted by Crippen LogP contribution is 2.28. The summed E-state index contributed by atoms with van der Waals surface area (Å²) in [7, 11) is 1.70. The van der Waals surface area contributed by atoms with Gasteiger partial charge < -0.3 is 10.5 Å². The molecule has 0 unspecified atom stereocenters. The largest absolute Gasteiger partial charge is 0.387 e. The van der Waals surface area contributed by atoms with Gasteiger partial charge >= 0.3 is 0 Å². The van der Waals surface area contributed by atoms with Gasteiger partial charge in [-0.3, -0.25) is 4.99 Å². The van der Waals surface area contributed by atoms with E-state index in [1.807, 2.05) is 0 Å². The third kappa shape index (κ3) is 3.37. The standard InChI is InChI=1S/C8H16N2O/c1-11-6-2-5-10-8(9)7-3-4-7/h7H,2-6H2,1H3,(H2,9,10). The van der Waals surface area contributed by atoms with Crippen LogP contribution in [0, 0.1) is 5.92 Å². The normalized spacial score (nSPS) is 18.8. The SMILES string of the molecule is COCCCN=C(N)C1CC1. The lowest BCUT2D eigenvalue weighted by Gasteiger charge is -1.97. The van der Waals surface area contributed by atoms with Gasteiger partial charge in [0, 0.05) is 26.2 Å². The summed E-state index contributed by atoms with van der Waals surface area (Å²) >= 11 is 0. The first kappa shape index (κ1) is 8.53. The maximum atomic E-state index is 5.67. The molecule has 1 fully saturated rings. The molecule has 2 N–H and O–H groups in total. The number of ether oxygens (including phenoxy) is 1. The van der Waals surface area contributed by atoms with E-state index in [-0.39, 0.29) is 0 Å². The first-order valence-corrected chi connectivity index (χ1v) is 4.13. The molecule has 0 amide bonds. The van der Waals surface area contributed by atoms with Gasteiger partial charge in [-0.2, -0.15) is 0 Å². The molecule has 0 aromatic rings. The number of hydrogen-bond acceptors (Lipinski definition) is 2. The Bertz CT molecular complexity index is 141. The fourth-order valence-corrected chi connectivity index (χ4v) is 0.925. The topological polar surface area (TPSA) is 47.6 Å². The Morgan fingerprint density at radius 3 is 2.91 bits per heavy atom. The van der Waals surface area contributed by atoms with Crippen molar-refractivity contribution >= 4 is 5.84 Å². The summed E-state index contributed by atoms with van der Waals surface area (Å²) in [5.74, 6) is 1.46. The number of nitrogens with two attached hydrogens (primary N) is 1. The number of rotatable bonds is 5. The monoisotopic (exact) mass is 156 g/mol. The predicted octanol–water partition coefficient (Wildman–Crippen LogP) is 0.790. The van der Waals surface area contributed by atoms with Crippen molar-refractivity contribution in [2.45, 2.75) is 19.3 Å². The smallest absolute Gasteiger partial charge is 0.0968 e. The molecule has 0 spiro atoms. The molecule has 0 aliphatic heterocycles. The third-order valence-corrected chi connectivity index (χ3v) is 1.80. The summed E-state index contributed by atoms with van der Waals surface area (Å²) in [5.41, 5.74) is 5.67. The van der Waals surface area contributed by atoms with E-state index in [0.717, 1.165) is 25.4 Å². The maximum Gasteiger partial charge on any atom is 0.0968 e. The Labute approximate surface area is 67.6 Å². The highest BCUT2D eigenvalue weighted by Gasteiger charge is 2.24. The molecule has 0 bridgehead atoms. The zero-order valence-corrected chi connectivity index (χ0v) is 7.05. The summed E-state index contributed by atoms with van der Waals surface area (Å²) in [6.45, 7) is 1.59. The van der Waals surface area contributed by atoms with E-state index >= 15 is 0 Å². The van der Waals surface area contributed by atoms with E-state index in [9.17, 15) is 0 Å². The lowest BCUT2D eigenvalue weighted by atomic mass is 10.4. The van der Waals surface area contributed by atoms with Crippen molar-refractivity contribution in [1.29, 1.82) is 0 Å². The number of methoxy groups -OCH3 is 1. The Kier molecular flexibility index (Phi) is 3.36. The van der Waals surface area contributed by atoms with Gasteiger partial charge in [-0.15, -0.1) is 0 Å². The molecule has 0 heterocycles. The van der Waals surface area contributed by atoms with Crippen LogP contribution in [0.3, 0.4) is 0 Å². The second-order valence-electron chi connectivity index (χ2n) is 2.93. The van der Waals surface area contributed by atoms with E-state index in [0.29, 0.717) is 5.92 Å². The highest BCUT2D eigenvalue weighted by atomic mass is 16.5.